The Morgan fingerprint density at radius 3 is 2.48 bits per heavy atom. The van der Waals surface area contributed by atoms with Crippen LogP contribution < -0.4 is 10.2 Å². The van der Waals surface area contributed by atoms with Crippen LogP contribution in [0.3, 0.4) is 0 Å². The van der Waals surface area contributed by atoms with Crippen molar-refractivity contribution >= 4 is 23.5 Å². The molecule has 0 radical (unpaired) electrons. The summed E-state index contributed by atoms with van der Waals surface area (Å²) < 4.78 is 35.9. The topological polar surface area (TPSA) is 82.9 Å². The van der Waals surface area contributed by atoms with Crippen LogP contribution in [0.5, 0.6) is 0 Å². The fourth-order valence-electron chi connectivity index (χ4n) is 8.04. The number of benzene rings is 2. The standard InChI is InChI=1S/C33H38F2N6O3/c1-36-32(42)39-17-22-9-20(21-10-24-6-7-25(11-21)41(24)33(43)44-3)13-30(28(22)18-39)40-8-4-5-19-12-26(23-15-37-38(2)16-23)27(31(34)35)14-29(19)40/h9,12-16,21,24-25,31H,4-8,10-11,17-18H2,1-3H3,(H,36,42). The Labute approximate surface area is 255 Å². The summed E-state index contributed by atoms with van der Waals surface area (Å²) in [6, 6.07) is 8.19. The highest BCUT2D eigenvalue weighted by molar-refractivity contribution is 5.80. The first-order valence-electron chi connectivity index (χ1n) is 15.5. The number of halogens is 2. The predicted octanol–water partition coefficient (Wildman–Crippen LogP) is 6.24. The highest BCUT2D eigenvalue weighted by Gasteiger charge is 2.44. The lowest BCUT2D eigenvalue weighted by Crippen LogP contribution is -2.46. The van der Waals surface area contributed by atoms with E-state index in [4.69, 9.17) is 4.74 Å². The number of piperidine rings is 1. The highest BCUT2D eigenvalue weighted by atomic mass is 19.3. The van der Waals surface area contributed by atoms with Crippen molar-refractivity contribution in [2.45, 2.75) is 76.0 Å². The number of ether oxygens (including phenoxy) is 1. The van der Waals surface area contributed by atoms with Crippen molar-refractivity contribution in [3.05, 3.63) is 64.5 Å². The number of aryl methyl sites for hydroxylation is 2. The van der Waals surface area contributed by atoms with Crippen molar-refractivity contribution in [3.8, 4) is 11.1 Å². The minimum atomic E-state index is -2.64. The fourth-order valence-corrected chi connectivity index (χ4v) is 8.04. The van der Waals surface area contributed by atoms with Gasteiger partial charge < -0.3 is 24.8 Å². The second-order valence-corrected chi connectivity index (χ2v) is 12.5. The molecule has 4 aliphatic heterocycles. The van der Waals surface area contributed by atoms with Crippen LogP contribution in [0.15, 0.2) is 36.7 Å². The van der Waals surface area contributed by atoms with Crippen LogP contribution in [0.1, 0.15) is 72.3 Å². The van der Waals surface area contributed by atoms with Crippen molar-refractivity contribution in [3.63, 3.8) is 0 Å². The van der Waals surface area contributed by atoms with Crippen molar-refractivity contribution < 1.29 is 23.1 Å². The molecule has 2 unspecified atom stereocenters. The molecule has 2 bridgehead atoms. The van der Waals surface area contributed by atoms with E-state index in [9.17, 15) is 18.4 Å². The molecule has 2 atom stereocenters. The summed E-state index contributed by atoms with van der Waals surface area (Å²) in [6.45, 7) is 1.65. The van der Waals surface area contributed by atoms with Crippen molar-refractivity contribution in [1.29, 1.82) is 0 Å². The van der Waals surface area contributed by atoms with Gasteiger partial charge in [0.05, 0.1) is 19.9 Å². The van der Waals surface area contributed by atoms with Crippen LogP contribution in [-0.4, -0.2) is 64.5 Å². The van der Waals surface area contributed by atoms with Crippen LogP contribution in [0.25, 0.3) is 11.1 Å². The van der Waals surface area contributed by atoms with Gasteiger partial charge in [-0.25, -0.2) is 18.4 Å². The monoisotopic (exact) mass is 604 g/mol. The largest absolute Gasteiger partial charge is 0.453 e. The lowest BCUT2D eigenvalue weighted by molar-refractivity contribution is 0.0808. The minimum Gasteiger partial charge on any atom is -0.453 e. The second kappa shape index (κ2) is 11.1. The highest BCUT2D eigenvalue weighted by Crippen LogP contribution is 2.48. The molecule has 2 saturated heterocycles. The lowest BCUT2D eigenvalue weighted by Gasteiger charge is -2.39. The number of aromatic nitrogens is 2. The first kappa shape index (κ1) is 28.6. The summed E-state index contributed by atoms with van der Waals surface area (Å²) in [7, 11) is 4.86. The van der Waals surface area contributed by atoms with Gasteiger partial charge in [0, 0.05) is 73.5 Å². The molecule has 1 N–H and O–H groups in total. The first-order chi connectivity index (χ1) is 21.2. The van der Waals surface area contributed by atoms with Crippen molar-refractivity contribution in [2.75, 3.05) is 25.6 Å². The van der Waals surface area contributed by atoms with E-state index in [1.54, 1.807) is 42.1 Å². The van der Waals surface area contributed by atoms with Gasteiger partial charge in [-0.3, -0.25) is 4.68 Å². The number of rotatable bonds is 4. The number of hydrogen-bond donors (Lipinski definition) is 1. The van der Waals surface area contributed by atoms with Crippen molar-refractivity contribution in [1.82, 2.24) is 24.9 Å². The maximum absolute atomic E-state index is 14.6. The van der Waals surface area contributed by atoms with E-state index < -0.39 is 6.43 Å². The van der Waals surface area contributed by atoms with Gasteiger partial charge in [-0.15, -0.1) is 0 Å². The summed E-state index contributed by atoms with van der Waals surface area (Å²) in [5.41, 5.74) is 7.37. The summed E-state index contributed by atoms with van der Waals surface area (Å²) in [4.78, 5) is 31.2. The maximum Gasteiger partial charge on any atom is 0.409 e. The average Bonchev–Trinajstić information content (AvgIpc) is 3.73. The van der Waals surface area contributed by atoms with Gasteiger partial charge in [0.25, 0.3) is 6.43 Å². The molecule has 232 valence electrons. The van der Waals surface area contributed by atoms with E-state index in [1.807, 2.05) is 11.0 Å². The molecule has 0 aliphatic carbocycles. The van der Waals surface area contributed by atoms with E-state index in [1.165, 1.54) is 12.7 Å². The quantitative estimate of drug-likeness (QED) is 0.381. The van der Waals surface area contributed by atoms with Crippen LogP contribution in [0.2, 0.25) is 0 Å². The Bertz CT molecular complexity index is 1610. The van der Waals surface area contributed by atoms with Gasteiger partial charge in [-0.05, 0) is 84.9 Å². The van der Waals surface area contributed by atoms with Gasteiger partial charge in [0.2, 0.25) is 0 Å². The molecule has 3 aromatic rings. The molecule has 0 saturated carbocycles. The first-order valence-corrected chi connectivity index (χ1v) is 15.5. The lowest BCUT2D eigenvalue weighted by atomic mass is 9.83. The Morgan fingerprint density at radius 2 is 1.82 bits per heavy atom. The average molecular weight is 605 g/mol. The molecule has 9 nitrogen and oxygen atoms in total. The van der Waals surface area contributed by atoms with Crippen LogP contribution in [-0.2, 0) is 31.3 Å². The van der Waals surface area contributed by atoms with Gasteiger partial charge in [0.1, 0.15) is 0 Å². The third kappa shape index (κ3) is 4.77. The van der Waals surface area contributed by atoms with Gasteiger partial charge >= 0.3 is 12.1 Å². The molecular weight excluding hydrogens is 566 g/mol. The molecule has 5 heterocycles. The van der Waals surface area contributed by atoms with Crippen molar-refractivity contribution in [2.24, 2.45) is 7.05 Å². The molecule has 4 aliphatic rings. The van der Waals surface area contributed by atoms with E-state index in [-0.39, 0.29) is 35.7 Å². The zero-order valence-corrected chi connectivity index (χ0v) is 25.4. The summed E-state index contributed by atoms with van der Waals surface area (Å²) in [5.74, 6) is 0.250. The number of carbonyl (C=O) groups is 2. The van der Waals surface area contributed by atoms with E-state index in [0.29, 0.717) is 30.8 Å². The number of amides is 3. The Kier molecular flexibility index (Phi) is 7.21. The van der Waals surface area contributed by atoms with Crippen LogP contribution >= 0.6 is 0 Å². The van der Waals surface area contributed by atoms with Gasteiger partial charge in [-0.1, -0.05) is 6.07 Å². The number of urea groups is 1. The maximum atomic E-state index is 14.6. The van der Waals surface area contributed by atoms with E-state index in [2.05, 4.69) is 27.4 Å². The van der Waals surface area contributed by atoms with Gasteiger partial charge in [0.15, 0.2) is 0 Å². The number of carbonyl (C=O) groups excluding carboxylic acids is 2. The Morgan fingerprint density at radius 1 is 1.05 bits per heavy atom. The minimum absolute atomic E-state index is 0.00445. The molecule has 2 aromatic carbocycles. The number of hydrogen-bond acceptors (Lipinski definition) is 5. The smallest absolute Gasteiger partial charge is 0.409 e. The molecule has 11 heteroatoms. The van der Waals surface area contributed by atoms with E-state index >= 15 is 0 Å². The molecule has 7 rings (SSSR count). The number of nitrogens with zero attached hydrogens (tertiary/aromatic N) is 5. The summed E-state index contributed by atoms with van der Waals surface area (Å²) >= 11 is 0. The SMILES string of the molecule is CNC(=O)N1Cc2cc(C3CC4CCC(C3)N4C(=O)OC)cc(N3CCCc4cc(-c5cnn(C)c5)c(C(F)F)cc43)c2C1. The zero-order chi connectivity index (χ0) is 30.7. The van der Waals surface area contributed by atoms with E-state index in [0.717, 1.165) is 66.6 Å². The molecule has 0 spiro atoms. The second-order valence-electron chi connectivity index (χ2n) is 12.5. The Hall–Kier alpha value is -4.15. The van der Waals surface area contributed by atoms with Crippen LogP contribution in [0.4, 0.5) is 29.7 Å². The Balaban J connectivity index is 1.31. The third-order valence-corrected chi connectivity index (χ3v) is 10.1. The third-order valence-electron chi connectivity index (χ3n) is 10.1. The number of nitrogens with one attached hydrogen (secondary N) is 1. The molecular formula is C33H38F2N6O3. The molecule has 44 heavy (non-hydrogen) atoms. The number of fused-ring (bicyclic) bond motifs is 4. The normalized spacial score (nSPS) is 22.3. The molecule has 2 fully saturated rings. The zero-order valence-electron chi connectivity index (χ0n) is 25.4. The molecule has 3 amide bonds. The summed E-state index contributed by atoms with van der Waals surface area (Å²) in [6.07, 6.45) is 5.83. The molecule has 1 aromatic heterocycles. The number of methoxy groups -OCH3 is 1. The summed E-state index contributed by atoms with van der Waals surface area (Å²) in [5, 5.41) is 6.97. The van der Waals surface area contributed by atoms with Crippen LogP contribution in [0, 0.1) is 0 Å². The fraction of sp³-hybridized carbons (Fsp3) is 0.485. The predicted molar refractivity (Wildman–Crippen MR) is 162 cm³/mol. The van der Waals surface area contributed by atoms with Gasteiger partial charge in [-0.2, -0.15) is 5.10 Å². The number of alkyl halides is 2. The number of anilines is 2.